The highest BCUT2D eigenvalue weighted by Crippen LogP contribution is 2.28. The molecule has 0 radical (unpaired) electrons. The van der Waals surface area contributed by atoms with Crippen LogP contribution >= 0.6 is 0 Å². The number of carbonyl (C=O) groups is 1. The van der Waals surface area contributed by atoms with E-state index in [1.807, 2.05) is 6.07 Å². The van der Waals surface area contributed by atoms with E-state index in [2.05, 4.69) is 59.4 Å². The van der Waals surface area contributed by atoms with Gasteiger partial charge in [0.25, 0.3) is 0 Å². The largest absolute Gasteiger partial charge is 0.358 e. The zero-order valence-electron chi connectivity index (χ0n) is 16.7. The van der Waals surface area contributed by atoms with Crippen molar-refractivity contribution in [1.82, 2.24) is 15.5 Å². The van der Waals surface area contributed by atoms with Crippen molar-refractivity contribution in [3.05, 3.63) is 59.7 Å². The normalized spacial score (nSPS) is 25.9. The van der Waals surface area contributed by atoms with Crippen LogP contribution < -0.4 is 10.6 Å². The lowest BCUT2D eigenvalue weighted by Gasteiger charge is -2.24. The van der Waals surface area contributed by atoms with E-state index in [0.29, 0.717) is 12.0 Å². The summed E-state index contributed by atoms with van der Waals surface area (Å²) in [5.74, 6) is 0.774. The van der Waals surface area contributed by atoms with Gasteiger partial charge in [-0.1, -0.05) is 54.1 Å². The second kappa shape index (κ2) is 9.34. The molecule has 0 aromatic heterocycles. The molecule has 1 fully saturated rings. The van der Waals surface area contributed by atoms with E-state index >= 15 is 0 Å². The molecule has 2 aliphatic rings. The van der Waals surface area contributed by atoms with Gasteiger partial charge in [0.1, 0.15) is 0 Å². The van der Waals surface area contributed by atoms with Crippen LogP contribution in [0.1, 0.15) is 38.2 Å². The maximum absolute atomic E-state index is 12.4. The summed E-state index contributed by atoms with van der Waals surface area (Å²) in [6.07, 6.45) is 6.76. The van der Waals surface area contributed by atoms with E-state index in [0.717, 1.165) is 38.9 Å². The van der Waals surface area contributed by atoms with Gasteiger partial charge in [-0.3, -0.25) is 9.69 Å². The van der Waals surface area contributed by atoms with Gasteiger partial charge in [-0.05, 0) is 44.1 Å². The second-order valence-electron chi connectivity index (χ2n) is 8.04. The zero-order chi connectivity index (χ0) is 19.2. The third-order valence-corrected chi connectivity index (χ3v) is 6.00. The highest BCUT2D eigenvalue weighted by atomic mass is 16.2. The van der Waals surface area contributed by atoms with Crippen LogP contribution in [0.25, 0.3) is 0 Å². The molecule has 0 spiro atoms. The molecular formula is C23H33N3O. The SMILES string of the molecule is C=C(C)[C@@H]1CC=C(CN[C@H]2C[C@@H](C(=O)NC)N(Cc3ccccc3)C2)CC1. The topological polar surface area (TPSA) is 44.4 Å². The molecule has 0 unspecified atom stereocenters. The molecule has 1 aromatic rings. The Morgan fingerprint density at radius 3 is 2.70 bits per heavy atom. The lowest BCUT2D eigenvalue weighted by Crippen LogP contribution is -2.41. The molecule has 1 aromatic carbocycles. The molecule has 3 atom stereocenters. The number of likely N-dealkylation sites (N-methyl/N-ethyl adjacent to an activating group) is 1. The molecule has 146 valence electrons. The first-order valence-electron chi connectivity index (χ1n) is 10.1. The van der Waals surface area contributed by atoms with E-state index in [4.69, 9.17) is 0 Å². The maximum atomic E-state index is 12.4. The Hall–Kier alpha value is -1.91. The third kappa shape index (κ3) is 5.30. The van der Waals surface area contributed by atoms with Gasteiger partial charge in [0.15, 0.2) is 0 Å². The number of carbonyl (C=O) groups excluding carboxylic acids is 1. The fourth-order valence-electron chi connectivity index (χ4n) is 4.26. The van der Waals surface area contributed by atoms with Crippen molar-refractivity contribution in [2.24, 2.45) is 5.92 Å². The van der Waals surface area contributed by atoms with Crippen molar-refractivity contribution in [2.45, 2.75) is 51.2 Å². The monoisotopic (exact) mass is 367 g/mol. The summed E-state index contributed by atoms with van der Waals surface area (Å²) in [6, 6.07) is 10.7. The van der Waals surface area contributed by atoms with Crippen molar-refractivity contribution in [3.8, 4) is 0 Å². The van der Waals surface area contributed by atoms with Crippen LogP contribution in [0, 0.1) is 5.92 Å². The van der Waals surface area contributed by atoms with Gasteiger partial charge in [0, 0.05) is 32.7 Å². The van der Waals surface area contributed by atoms with Gasteiger partial charge in [-0.15, -0.1) is 0 Å². The van der Waals surface area contributed by atoms with Gasteiger partial charge in [0.05, 0.1) is 6.04 Å². The number of amides is 1. The van der Waals surface area contributed by atoms with E-state index in [9.17, 15) is 4.79 Å². The van der Waals surface area contributed by atoms with Crippen molar-refractivity contribution in [1.29, 1.82) is 0 Å². The first-order valence-corrected chi connectivity index (χ1v) is 10.1. The van der Waals surface area contributed by atoms with Crippen LogP contribution in [0.2, 0.25) is 0 Å². The average Bonchev–Trinajstić information content (AvgIpc) is 3.09. The molecule has 2 N–H and O–H groups in total. The highest BCUT2D eigenvalue weighted by molar-refractivity contribution is 5.81. The minimum atomic E-state index is -0.0548. The molecule has 4 heteroatoms. The standard InChI is InChI=1S/C23H33N3O/c1-17(2)20-11-9-18(10-12-20)14-25-21-13-22(23(27)24-3)26(16-21)15-19-7-5-4-6-8-19/h4-9,20-22,25H,1,10-16H2,2-3H3,(H,24,27)/t20-,21+,22+/m1/s1. The van der Waals surface area contributed by atoms with Crippen LogP contribution in [-0.4, -0.2) is 43.0 Å². The Kier molecular flexibility index (Phi) is 6.86. The molecule has 1 amide bonds. The summed E-state index contributed by atoms with van der Waals surface area (Å²) in [5.41, 5.74) is 4.07. The summed E-state index contributed by atoms with van der Waals surface area (Å²) < 4.78 is 0. The van der Waals surface area contributed by atoms with Gasteiger partial charge in [-0.2, -0.15) is 0 Å². The molecule has 0 bridgehead atoms. The van der Waals surface area contributed by atoms with E-state index < -0.39 is 0 Å². The lowest BCUT2D eigenvalue weighted by molar-refractivity contribution is -0.125. The first-order chi connectivity index (χ1) is 13.1. The molecular weight excluding hydrogens is 334 g/mol. The van der Waals surface area contributed by atoms with Gasteiger partial charge in [0.2, 0.25) is 5.91 Å². The van der Waals surface area contributed by atoms with Crippen molar-refractivity contribution < 1.29 is 4.79 Å². The number of hydrogen-bond acceptors (Lipinski definition) is 3. The minimum absolute atomic E-state index is 0.0548. The van der Waals surface area contributed by atoms with Gasteiger partial charge < -0.3 is 10.6 Å². The number of benzene rings is 1. The Morgan fingerprint density at radius 1 is 1.30 bits per heavy atom. The number of nitrogens with one attached hydrogen (secondary N) is 2. The fraction of sp³-hybridized carbons (Fsp3) is 0.522. The molecule has 1 saturated heterocycles. The number of allylic oxidation sites excluding steroid dienone is 2. The number of hydrogen-bond donors (Lipinski definition) is 2. The predicted octanol–water partition coefficient (Wildman–Crippen LogP) is 3.27. The van der Waals surface area contributed by atoms with Crippen LogP contribution in [0.3, 0.4) is 0 Å². The van der Waals surface area contributed by atoms with E-state index in [1.54, 1.807) is 7.05 Å². The Labute approximate surface area is 163 Å². The fourth-order valence-corrected chi connectivity index (χ4v) is 4.26. The van der Waals surface area contributed by atoms with Gasteiger partial charge in [-0.25, -0.2) is 0 Å². The summed E-state index contributed by atoms with van der Waals surface area (Å²) in [4.78, 5) is 14.7. The van der Waals surface area contributed by atoms with Crippen LogP contribution in [0.4, 0.5) is 0 Å². The quantitative estimate of drug-likeness (QED) is 0.727. The van der Waals surface area contributed by atoms with Crippen molar-refractivity contribution >= 4 is 5.91 Å². The van der Waals surface area contributed by atoms with Crippen molar-refractivity contribution in [3.63, 3.8) is 0 Å². The third-order valence-electron chi connectivity index (χ3n) is 6.00. The minimum Gasteiger partial charge on any atom is -0.358 e. The molecule has 1 aliphatic carbocycles. The predicted molar refractivity (Wildman–Crippen MR) is 111 cm³/mol. The summed E-state index contributed by atoms with van der Waals surface area (Å²) in [7, 11) is 1.73. The number of likely N-dealkylation sites (tertiary alicyclic amines) is 1. The van der Waals surface area contributed by atoms with E-state index in [-0.39, 0.29) is 11.9 Å². The smallest absolute Gasteiger partial charge is 0.237 e. The lowest BCUT2D eigenvalue weighted by atomic mass is 9.85. The van der Waals surface area contributed by atoms with Crippen LogP contribution in [0.15, 0.2) is 54.1 Å². The maximum Gasteiger partial charge on any atom is 0.237 e. The Morgan fingerprint density at radius 2 is 2.07 bits per heavy atom. The highest BCUT2D eigenvalue weighted by Gasteiger charge is 2.36. The van der Waals surface area contributed by atoms with Gasteiger partial charge >= 0.3 is 0 Å². The first kappa shape index (κ1) is 19.8. The molecule has 27 heavy (non-hydrogen) atoms. The van der Waals surface area contributed by atoms with Crippen LogP contribution in [-0.2, 0) is 11.3 Å². The molecule has 3 rings (SSSR count). The average molecular weight is 368 g/mol. The zero-order valence-corrected chi connectivity index (χ0v) is 16.7. The number of rotatable bonds is 7. The van der Waals surface area contributed by atoms with Crippen molar-refractivity contribution in [2.75, 3.05) is 20.1 Å². The van der Waals surface area contributed by atoms with Crippen LogP contribution in [0.5, 0.6) is 0 Å². The molecule has 4 nitrogen and oxygen atoms in total. The Bertz CT molecular complexity index is 682. The second-order valence-corrected chi connectivity index (χ2v) is 8.04. The Balaban J connectivity index is 1.55. The molecule has 0 saturated carbocycles. The molecule has 1 aliphatic heterocycles. The summed E-state index contributed by atoms with van der Waals surface area (Å²) in [5, 5.41) is 6.54. The number of nitrogens with zero attached hydrogens (tertiary/aromatic N) is 1. The summed E-state index contributed by atoms with van der Waals surface area (Å²) in [6.45, 7) is 8.91. The molecule has 1 heterocycles. The summed E-state index contributed by atoms with van der Waals surface area (Å²) >= 11 is 0. The van der Waals surface area contributed by atoms with E-state index in [1.165, 1.54) is 23.1 Å².